The summed E-state index contributed by atoms with van der Waals surface area (Å²) in [5.41, 5.74) is 5.88. The molecule has 0 spiro atoms. The fourth-order valence-electron chi connectivity index (χ4n) is 3.38. The maximum Gasteiger partial charge on any atom is 0.257 e. The van der Waals surface area contributed by atoms with E-state index in [-0.39, 0.29) is 36.1 Å². The van der Waals surface area contributed by atoms with Gasteiger partial charge in [-0.15, -0.1) is 0 Å². The zero-order valence-corrected chi connectivity index (χ0v) is 16.1. The van der Waals surface area contributed by atoms with Gasteiger partial charge in [0.2, 0.25) is 11.8 Å². The van der Waals surface area contributed by atoms with Crippen LogP contribution in [0.2, 0.25) is 0 Å². The van der Waals surface area contributed by atoms with E-state index in [2.05, 4.69) is 0 Å². The molecule has 26 heavy (non-hydrogen) atoms. The van der Waals surface area contributed by atoms with Crippen molar-refractivity contribution in [1.82, 2.24) is 9.80 Å². The molecule has 0 aromatic carbocycles. The van der Waals surface area contributed by atoms with Gasteiger partial charge in [0.25, 0.3) is 5.91 Å². The van der Waals surface area contributed by atoms with Crippen molar-refractivity contribution in [1.29, 1.82) is 0 Å². The van der Waals surface area contributed by atoms with E-state index in [1.54, 1.807) is 22.8 Å². The number of likely N-dealkylation sites (tertiary alicyclic amines) is 1. The SMILES string of the molecule is Cc1cc(C(=O)N(CCC(=O)N2CCC(C(N)=O)CC2)C(C)C)c(C)o1. The summed E-state index contributed by atoms with van der Waals surface area (Å²) < 4.78 is 5.46. The van der Waals surface area contributed by atoms with Crippen LogP contribution in [0.1, 0.15) is 55.0 Å². The van der Waals surface area contributed by atoms with Crippen LogP contribution in [0.15, 0.2) is 10.5 Å². The minimum Gasteiger partial charge on any atom is -0.466 e. The van der Waals surface area contributed by atoms with Crippen LogP contribution in [-0.2, 0) is 9.59 Å². The van der Waals surface area contributed by atoms with Crippen molar-refractivity contribution >= 4 is 17.7 Å². The molecule has 0 aliphatic carbocycles. The molecular weight excluding hydrogens is 334 g/mol. The maximum absolute atomic E-state index is 12.8. The number of furan rings is 1. The molecule has 0 unspecified atom stereocenters. The Bertz CT molecular complexity index is 672. The zero-order valence-electron chi connectivity index (χ0n) is 16.1. The van der Waals surface area contributed by atoms with Crippen molar-refractivity contribution in [2.75, 3.05) is 19.6 Å². The number of nitrogens with two attached hydrogens (primary N) is 1. The van der Waals surface area contributed by atoms with E-state index < -0.39 is 0 Å². The lowest BCUT2D eigenvalue weighted by molar-refractivity contribution is -0.135. The van der Waals surface area contributed by atoms with E-state index in [0.717, 1.165) is 0 Å². The first kappa shape index (κ1) is 20.0. The van der Waals surface area contributed by atoms with Gasteiger partial charge in [-0.05, 0) is 46.6 Å². The molecule has 1 aliphatic heterocycles. The highest BCUT2D eigenvalue weighted by Gasteiger charge is 2.27. The summed E-state index contributed by atoms with van der Waals surface area (Å²) >= 11 is 0. The predicted octanol–water partition coefficient (Wildman–Crippen LogP) is 1.86. The van der Waals surface area contributed by atoms with Gasteiger partial charge in [-0.1, -0.05) is 0 Å². The smallest absolute Gasteiger partial charge is 0.257 e. The molecule has 1 fully saturated rings. The number of hydrogen-bond acceptors (Lipinski definition) is 4. The van der Waals surface area contributed by atoms with Crippen molar-refractivity contribution in [2.24, 2.45) is 11.7 Å². The Kier molecular flexibility index (Phi) is 6.45. The third-order valence-corrected chi connectivity index (χ3v) is 4.97. The molecule has 0 saturated carbocycles. The highest BCUT2D eigenvalue weighted by atomic mass is 16.3. The van der Waals surface area contributed by atoms with Crippen molar-refractivity contribution in [3.8, 4) is 0 Å². The summed E-state index contributed by atoms with van der Waals surface area (Å²) in [4.78, 5) is 40.0. The van der Waals surface area contributed by atoms with Crippen LogP contribution in [0, 0.1) is 19.8 Å². The van der Waals surface area contributed by atoms with Crippen molar-refractivity contribution in [2.45, 2.75) is 53.0 Å². The molecule has 2 heterocycles. The Balaban J connectivity index is 1.94. The highest BCUT2D eigenvalue weighted by molar-refractivity contribution is 5.95. The first-order chi connectivity index (χ1) is 12.2. The van der Waals surface area contributed by atoms with E-state index in [4.69, 9.17) is 10.2 Å². The van der Waals surface area contributed by atoms with Crippen molar-refractivity contribution in [3.05, 3.63) is 23.2 Å². The lowest BCUT2D eigenvalue weighted by atomic mass is 9.96. The second-order valence-corrected chi connectivity index (χ2v) is 7.23. The number of nitrogens with zero attached hydrogens (tertiary/aromatic N) is 2. The molecule has 1 saturated heterocycles. The Hall–Kier alpha value is -2.31. The third-order valence-electron chi connectivity index (χ3n) is 4.97. The number of amides is 3. The van der Waals surface area contributed by atoms with Crippen LogP contribution >= 0.6 is 0 Å². The highest BCUT2D eigenvalue weighted by Crippen LogP contribution is 2.19. The van der Waals surface area contributed by atoms with Crippen LogP contribution in [0.3, 0.4) is 0 Å². The summed E-state index contributed by atoms with van der Waals surface area (Å²) in [6.45, 7) is 8.89. The topological polar surface area (TPSA) is 96.9 Å². The van der Waals surface area contributed by atoms with Gasteiger partial charge in [0, 0.05) is 38.0 Å². The fourth-order valence-corrected chi connectivity index (χ4v) is 3.38. The summed E-state index contributed by atoms with van der Waals surface area (Å²) in [5, 5.41) is 0. The third kappa shape index (κ3) is 4.65. The normalized spacial score (nSPS) is 15.3. The number of piperidine rings is 1. The van der Waals surface area contributed by atoms with Crippen LogP contribution in [0.4, 0.5) is 0 Å². The quantitative estimate of drug-likeness (QED) is 0.834. The molecule has 144 valence electrons. The lowest BCUT2D eigenvalue weighted by Gasteiger charge is -2.32. The average Bonchev–Trinajstić information content (AvgIpc) is 2.92. The minimum absolute atomic E-state index is 0.00599. The molecule has 7 heteroatoms. The van der Waals surface area contributed by atoms with E-state index >= 15 is 0 Å². The molecule has 0 atom stereocenters. The van der Waals surface area contributed by atoms with Gasteiger partial charge in [-0.2, -0.15) is 0 Å². The molecule has 1 aromatic heterocycles. The number of carbonyl (C=O) groups excluding carboxylic acids is 3. The maximum atomic E-state index is 12.8. The summed E-state index contributed by atoms with van der Waals surface area (Å²) in [6.07, 6.45) is 1.49. The first-order valence-electron chi connectivity index (χ1n) is 9.15. The second kappa shape index (κ2) is 8.38. The summed E-state index contributed by atoms with van der Waals surface area (Å²) in [5.74, 6) is 0.751. The molecular formula is C19H29N3O4. The van der Waals surface area contributed by atoms with Crippen LogP contribution in [0.25, 0.3) is 0 Å². The minimum atomic E-state index is -0.292. The van der Waals surface area contributed by atoms with Gasteiger partial charge < -0.3 is 20.0 Å². The Morgan fingerprint density at radius 2 is 1.88 bits per heavy atom. The molecule has 1 aromatic rings. The summed E-state index contributed by atoms with van der Waals surface area (Å²) in [6, 6.07) is 1.72. The Morgan fingerprint density at radius 3 is 2.35 bits per heavy atom. The molecule has 3 amide bonds. The van der Waals surface area contributed by atoms with Gasteiger partial charge in [-0.25, -0.2) is 0 Å². The molecule has 0 radical (unpaired) electrons. The van der Waals surface area contributed by atoms with E-state index in [0.29, 0.717) is 49.6 Å². The number of primary amides is 1. The van der Waals surface area contributed by atoms with Crippen molar-refractivity contribution in [3.63, 3.8) is 0 Å². The lowest BCUT2D eigenvalue weighted by Crippen LogP contribution is -2.44. The van der Waals surface area contributed by atoms with E-state index in [1.807, 2.05) is 20.8 Å². The van der Waals surface area contributed by atoms with Crippen molar-refractivity contribution < 1.29 is 18.8 Å². The predicted molar refractivity (Wildman–Crippen MR) is 97.5 cm³/mol. The molecule has 2 N–H and O–H groups in total. The molecule has 7 nitrogen and oxygen atoms in total. The zero-order chi connectivity index (χ0) is 19.4. The Morgan fingerprint density at radius 1 is 1.27 bits per heavy atom. The van der Waals surface area contributed by atoms with Gasteiger partial charge >= 0.3 is 0 Å². The van der Waals surface area contributed by atoms with Crippen LogP contribution in [-0.4, -0.2) is 53.2 Å². The molecule has 1 aliphatic rings. The van der Waals surface area contributed by atoms with Gasteiger partial charge in [-0.3, -0.25) is 14.4 Å². The Labute approximate surface area is 154 Å². The molecule has 2 rings (SSSR count). The average molecular weight is 363 g/mol. The monoisotopic (exact) mass is 363 g/mol. The standard InChI is InChI=1S/C19H29N3O4/c1-12(2)22(19(25)16-11-13(3)26-14(16)4)10-7-17(23)21-8-5-15(6-9-21)18(20)24/h11-12,15H,5-10H2,1-4H3,(H2,20,24). The van der Waals surface area contributed by atoms with Gasteiger partial charge in [0.15, 0.2) is 0 Å². The molecule has 0 bridgehead atoms. The van der Waals surface area contributed by atoms with Crippen LogP contribution in [0.5, 0.6) is 0 Å². The fraction of sp³-hybridized carbons (Fsp3) is 0.632. The van der Waals surface area contributed by atoms with Gasteiger partial charge in [0.1, 0.15) is 11.5 Å². The number of hydrogen-bond donors (Lipinski definition) is 1. The van der Waals surface area contributed by atoms with Crippen LogP contribution < -0.4 is 5.73 Å². The number of rotatable bonds is 6. The number of aryl methyl sites for hydroxylation is 2. The first-order valence-corrected chi connectivity index (χ1v) is 9.15. The van der Waals surface area contributed by atoms with Gasteiger partial charge in [0.05, 0.1) is 5.56 Å². The van der Waals surface area contributed by atoms with E-state index in [9.17, 15) is 14.4 Å². The van der Waals surface area contributed by atoms with E-state index in [1.165, 1.54) is 0 Å². The number of carbonyl (C=O) groups is 3. The second-order valence-electron chi connectivity index (χ2n) is 7.23. The summed E-state index contributed by atoms with van der Waals surface area (Å²) in [7, 11) is 0. The largest absolute Gasteiger partial charge is 0.466 e.